The zero-order valence-electron chi connectivity index (χ0n) is 10.4. The van der Waals surface area contributed by atoms with Crippen LogP contribution in [-0.4, -0.2) is 32.3 Å². The lowest BCUT2D eigenvalue weighted by atomic mass is 10.2. The first-order valence-electron chi connectivity index (χ1n) is 5.59. The Labute approximate surface area is 109 Å². The number of nitrogens with one attached hydrogen (secondary N) is 1. The summed E-state index contributed by atoms with van der Waals surface area (Å²) in [4.78, 5) is 11.5. The highest BCUT2D eigenvalue weighted by molar-refractivity contribution is 5.81. The number of nitrogens with two attached hydrogens (primary N) is 1. The van der Waals surface area contributed by atoms with E-state index in [1.807, 2.05) is 0 Å². The van der Waals surface area contributed by atoms with Gasteiger partial charge in [0.1, 0.15) is 11.8 Å². The number of amides is 1. The van der Waals surface area contributed by atoms with Crippen LogP contribution in [0.25, 0.3) is 0 Å². The van der Waals surface area contributed by atoms with Gasteiger partial charge < -0.3 is 20.5 Å². The molecule has 1 rings (SSSR count). The number of benzene rings is 1. The van der Waals surface area contributed by atoms with E-state index in [2.05, 4.69) is 10.1 Å². The molecule has 1 atom stereocenters. The van der Waals surface area contributed by atoms with Gasteiger partial charge in [0.25, 0.3) is 0 Å². The van der Waals surface area contributed by atoms with Crippen molar-refractivity contribution < 1.29 is 23.0 Å². The molecule has 0 aromatic heterocycles. The molecule has 0 aliphatic rings. The number of ether oxygens (including phenoxy) is 2. The number of carbonyl (C=O) groups is 1. The summed E-state index contributed by atoms with van der Waals surface area (Å²) in [5.41, 5.74) is 6.16. The van der Waals surface area contributed by atoms with Gasteiger partial charge in [-0.05, 0) is 17.7 Å². The molecule has 1 aromatic carbocycles. The third kappa shape index (κ3) is 5.62. The number of hydrogen-bond acceptors (Lipinski definition) is 4. The second-order valence-electron chi connectivity index (χ2n) is 3.81. The third-order valence-electron chi connectivity index (χ3n) is 2.27. The first kappa shape index (κ1) is 15.3. The number of hydrogen-bond donors (Lipinski definition) is 2. The summed E-state index contributed by atoms with van der Waals surface area (Å²) in [6, 6.07) is 5.32. The van der Waals surface area contributed by atoms with Gasteiger partial charge in [0.05, 0.1) is 6.61 Å². The molecule has 0 heterocycles. The molecule has 1 unspecified atom stereocenters. The van der Waals surface area contributed by atoms with E-state index in [1.54, 1.807) is 12.1 Å². The van der Waals surface area contributed by atoms with Crippen molar-refractivity contribution in [3.63, 3.8) is 0 Å². The van der Waals surface area contributed by atoms with Crippen molar-refractivity contribution in [2.24, 2.45) is 5.73 Å². The Morgan fingerprint density at radius 3 is 2.84 bits per heavy atom. The number of rotatable bonds is 7. The summed E-state index contributed by atoms with van der Waals surface area (Å²) in [5.74, 6) is -0.329. The van der Waals surface area contributed by atoms with E-state index in [0.717, 1.165) is 0 Å². The van der Waals surface area contributed by atoms with Gasteiger partial charge in [-0.3, -0.25) is 4.79 Å². The maximum absolute atomic E-state index is 12.0. The highest BCUT2D eigenvalue weighted by Gasteiger charge is 2.12. The lowest BCUT2D eigenvalue weighted by molar-refractivity contribution is -0.123. The van der Waals surface area contributed by atoms with Crippen molar-refractivity contribution in [1.29, 1.82) is 0 Å². The van der Waals surface area contributed by atoms with Crippen LogP contribution in [0.3, 0.4) is 0 Å². The predicted molar refractivity (Wildman–Crippen MR) is 64.8 cm³/mol. The van der Waals surface area contributed by atoms with Gasteiger partial charge in [-0.15, -0.1) is 0 Å². The Kier molecular flexibility index (Phi) is 6.17. The molecule has 0 radical (unpaired) electrons. The van der Waals surface area contributed by atoms with Gasteiger partial charge in [0.2, 0.25) is 5.91 Å². The Balaban J connectivity index is 2.51. The lowest BCUT2D eigenvalue weighted by Gasteiger charge is -2.12. The van der Waals surface area contributed by atoms with Gasteiger partial charge in [0.15, 0.2) is 0 Å². The number of carbonyl (C=O) groups excluding carboxylic acids is 1. The van der Waals surface area contributed by atoms with E-state index < -0.39 is 12.7 Å². The molecule has 1 aromatic rings. The van der Waals surface area contributed by atoms with E-state index in [9.17, 15) is 13.6 Å². The maximum Gasteiger partial charge on any atom is 0.387 e. The minimum absolute atomic E-state index is 0.0444. The molecule has 0 saturated heterocycles. The molecule has 0 spiro atoms. The van der Waals surface area contributed by atoms with E-state index in [0.29, 0.717) is 5.56 Å². The number of methoxy groups -OCH3 is 1. The molecule has 19 heavy (non-hydrogen) atoms. The molecular formula is C12H16F2N2O3. The van der Waals surface area contributed by atoms with Crippen LogP contribution >= 0.6 is 0 Å². The minimum Gasteiger partial charge on any atom is -0.435 e. The van der Waals surface area contributed by atoms with Crippen LogP contribution in [0.1, 0.15) is 5.56 Å². The quantitative estimate of drug-likeness (QED) is 0.774. The summed E-state index contributed by atoms with van der Waals surface area (Å²) in [5, 5.41) is 2.58. The first-order chi connectivity index (χ1) is 9.02. The summed E-state index contributed by atoms with van der Waals surface area (Å²) in [6.07, 6.45) is 0. The van der Waals surface area contributed by atoms with Crippen molar-refractivity contribution in [3.05, 3.63) is 29.8 Å². The van der Waals surface area contributed by atoms with Gasteiger partial charge in [-0.2, -0.15) is 8.78 Å². The lowest BCUT2D eigenvalue weighted by Crippen LogP contribution is -2.43. The molecule has 1 amide bonds. The minimum atomic E-state index is -2.88. The second kappa shape index (κ2) is 7.65. The van der Waals surface area contributed by atoms with Crippen LogP contribution < -0.4 is 15.8 Å². The number of halogens is 2. The maximum atomic E-state index is 12.0. The van der Waals surface area contributed by atoms with Crippen molar-refractivity contribution in [1.82, 2.24) is 5.32 Å². The molecule has 0 aliphatic carbocycles. The van der Waals surface area contributed by atoms with Gasteiger partial charge in [-0.25, -0.2) is 0 Å². The van der Waals surface area contributed by atoms with Crippen LogP contribution in [-0.2, 0) is 16.1 Å². The second-order valence-corrected chi connectivity index (χ2v) is 3.81. The highest BCUT2D eigenvalue weighted by Crippen LogP contribution is 2.15. The van der Waals surface area contributed by atoms with Crippen molar-refractivity contribution >= 4 is 5.91 Å². The topological polar surface area (TPSA) is 73.6 Å². The Hall–Kier alpha value is -1.73. The summed E-state index contributed by atoms with van der Waals surface area (Å²) >= 11 is 0. The number of alkyl halides is 2. The molecule has 3 N–H and O–H groups in total. The molecule has 0 aliphatic heterocycles. The third-order valence-corrected chi connectivity index (χ3v) is 2.27. The highest BCUT2D eigenvalue weighted by atomic mass is 19.3. The fraction of sp³-hybridized carbons (Fsp3) is 0.417. The van der Waals surface area contributed by atoms with Crippen molar-refractivity contribution in [3.8, 4) is 5.75 Å². The van der Waals surface area contributed by atoms with Crippen LogP contribution in [0, 0.1) is 0 Å². The molecule has 7 heteroatoms. The van der Waals surface area contributed by atoms with Gasteiger partial charge in [0, 0.05) is 13.7 Å². The molecule has 0 fully saturated rings. The average Bonchev–Trinajstić information content (AvgIpc) is 2.36. The summed E-state index contributed by atoms with van der Waals surface area (Å²) < 4.78 is 33.1. The molecule has 5 nitrogen and oxygen atoms in total. The normalized spacial score (nSPS) is 12.3. The van der Waals surface area contributed by atoms with Gasteiger partial charge >= 0.3 is 6.61 Å². The Morgan fingerprint density at radius 1 is 1.47 bits per heavy atom. The fourth-order valence-electron chi connectivity index (χ4n) is 1.41. The molecule has 0 bridgehead atoms. The largest absolute Gasteiger partial charge is 0.435 e. The molecular weight excluding hydrogens is 258 g/mol. The molecule has 106 valence electrons. The first-order valence-corrected chi connectivity index (χ1v) is 5.59. The van der Waals surface area contributed by atoms with Crippen LogP contribution in [0.5, 0.6) is 5.75 Å². The zero-order chi connectivity index (χ0) is 14.3. The van der Waals surface area contributed by atoms with E-state index in [4.69, 9.17) is 10.5 Å². The Bertz CT molecular complexity index is 416. The van der Waals surface area contributed by atoms with Crippen molar-refractivity contribution in [2.45, 2.75) is 19.2 Å². The van der Waals surface area contributed by atoms with Crippen LogP contribution in [0.2, 0.25) is 0 Å². The summed E-state index contributed by atoms with van der Waals surface area (Å²) in [6.45, 7) is -2.59. The summed E-state index contributed by atoms with van der Waals surface area (Å²) in [7, 11) is 1.44. The standard InChI is InChI=1S/C12H16F2N2O3/c1-18-7-10(15)11(17)16-6-8-3-2-4-9(5-8)19-12(13)14/h2-5,10,12H,6-7,15H2,1H3,(H,16,17). The zero-order valence-corrected chi connectivity index (χ0v) is 10.4. The van der Waals surface area contributed by atoms with Crippen LogP contribution in [0.15, 0.2) is 24.3 Å². The van der Waals surface area contributed by atoms with Crippen molar-refractivity contribution in [2.75, 3.05) is 13.7 Å². The smallest absolute Gasteiger partial charge is 0.387 e. The van der Waals surface area contributed by atoms with E-state index in [1.165, 1.54) is 19.2 Å². The Morgan fingerprint density at radius 2 is 2.21 bits per heavy atom. The van der Waals surface area contributed by atoms with E-state index >= 15 is 0 Å². The average molecular weight is 274 g/mol. The van der Waals surface area contributed by atoms with E-state index in [-0.39, 0.29) is 24.8 Å². The predicted octanol–water partition coefficient (Wildman–Crippen LogP) is 0.878. The van der Waals surface area contributed by atoms with Gasteiger partial charge in [-0.1, -0.05) is 12.1 Å². The SMILES string of the molecule is COCC(N)C(=O)NCc1cccc(OC(F)F)c1. The molecule has 0 saturated carbocycles. The fourth-order valence-corrected chi connectivity index (χ4v) is 1.41. The monoisotopic (exact) mass is 274 g/mol. The van der Waals surface area contributed by atoms with Crippen LogP contribution in [0.4, 0.5) is 8.78 Å².